The summed E-state index contributed by atoms with van der Waals surface area (Å²) in [4.78, 5) is 11.0. The number of hydrogen-bond acceptors (Lipinski definition) is 3. The lowest BCUT2D eigenvalue weighted by Crippen LogP contribution is -2.44. The van der Waals surface area contributed by atoms with E-state index in [0.717, 1.165) is 37.9 Å². The average Bonchev–Trinajstić information content (AvgIpc) is 2.52. The summed E-state index contributed by atoms with van der Waals surface area (Å²) in [7, 11) is 0. The Morgan fingerprint density at radius 1 is 1.55 bits per heavy atom. The highest BCUT2D eigenvalue weighted by Crippen LogP contribution is 2.38. The molecule has 1 amide bonds. The first kappa shape index (κ1) is 17.3. The minimum absolute atomic E-state index is 0.0365. The molecule has 1 aliphatic rings. The Bertz CT molecular complexity index is 503. The quantitative estimate of drug-likeness (QED) is 0.704. The smallest absolute Gasteiger partial charge is 0.216 e. The lowest BCUT2D eigenvalue weighted by atomic mass is 9.74. The third kappa shape index (κ3) is 4.45. The monoisotopic (exact) mass is 324 g/mol. The lowest BCUT2D eigenvalue weighted by molar-refractivity contribution is -0.119. The van der Waals surface area contributed by atoms with Crippen LogP contribution in [-0.2, 0) is 10.4 Å². The van der Waals surface area contributed by atoms with E-state index in [0.29, 0.717) is 18.0 Å². The van der Waals surface area contributed by atoms with Crippen molar-refractivity contribution in [2.24, 2.45) is 5.92 Å². The molecule has 4 nitrogen and oxygen atoms in total. The topological polar surface area (TPSA) is 61.4 Å². The van der Waals surface area contributed by atoms with Crippen molar-refractivity contribution in [2.75, 3.05) is 19.6 Å². The highest BCUT2D eigenvalue weighted by molar-refractivity contribution is 6.30. The van der Waals surface area contributed by atoms with Crippen LogP contribution in [0.1, 0.15) is 38.2 Å². The second-order valence-corrected chi connectivity index (χ2v) is 6.50. The van der Waals surface area contributed by atoms with E-state index in [-0.39, 0.29) is 11.8 Å². The van der Waals surface area contributed by atoms with E-state index in [1.165, 1.54) is 6.92 Å². The molecule has 1 heterocycles. The van der Waals surface area contributed by atoms with Gasteiger partial charge in [0.25, 0.3) is 0 Å². The molecule has 2 rings (SSSR count). The highest BCUT2D eigenvalue weighted by atomic mass is 35.5. The second-order valence-electron chi connectivity index (χ2n) is 6.06. The number of rotatable bonds is 6. The Morgan fingerprint density at radius 3 is 3.00 bits per heavy atom. The summed E-state index contributed by atoms with van der Waals surface area (Å²) in [5, 5.41) is 18.2. The SMILES string of the molecule is CC(=O)NCCC[C@@](O)(c1cccc(Cl)c1)C1CCCNC1. The van der Waals surface area contributed by atoms with Crippen LogP contribution in [0.2, 0.25) is 5.02 Å². The third-order valence-electron chi connectivity index (χ3n) is 4.41. The highest BCUT2D eigenvalue weighted by Gasteiger charge is 2.38. The summed E-state index contributed by atoms with van der Waals surface area (Å²) < 4.78 is 0. The second kappa shape index (κ2) is 7.95. The Labute approximate surface area is 137 Å². The maximum atomic E-state index is 11.4. The molecule has 1 aromatic rings. The van der Waals surface area contributed by atoms with Gasteiger partial charge in [0.05, 0.1) is 5.60 Å². The van der Waals surface area contributed by atoms with Crippen molar-refractivity contribution >= 4 is 17.5 Å². The number of hydrogen-bond donors (Lipinski definition) is 3. The number of halogens is 1. The molecular weight excluding hydrogens is 300 g/mol. The van der Waals surface area contributed by atoms with Gasteiger partial charge >= 0.3 is 0 Å². The van der Waals surface area contributed by atoms with Gasteiger partial charge in [-0.05, 0) is 49.9 Å². The van der Waals surface area contributed by atoms with Crippen LogP contribution >= 0.6 is 11.6 Å². The number of carbonyl (C=O) groups excluding carboxylic acids is 1. The predicted molar refractivity (Wildman–Crippen MR) is 88.9 cm³/mol. The van der Waals surface area contributed by atoms with Crippen LogP contribution < -0.4 is 10.6 Å². The molecular formula is C17H25ClN2O2. The van der Waals surface area contributed by atoms with Gasteiger partial charge in [0.1, 0.15) is 0 Å². The normalized spacial score (nSPS) is 21.1. The van der Waals surface area contributed by atoms with E-state index >= 15 is 0 Å². The standard InChI is InChI=1S/C17H25ClN2O2/c1-13(21)20-10-4-8-17(22,15-6-3-9-19-12-15)14-5-2-7-16(18)11-14/h2,5,7,11,15,19,22H,3-4,6,8-10,12H2,1H3,(H,20,21)/t15?,17-/m1/s1. The first-order valence-electron chi connectivity index (χ1n) is 7.96. The zero-order valence-electron chi connectivity index (χ0n) is 13.1. The van der Waals surface area contributed by atoms with Gasteiger partial charge in [-0.25, -0.2) is 0 Å². The maximum Gasteiger partial charge on any atom is 0.216 e. The summed E-state index contributed by atoms with van der Waals surface area (Å²) in [6.45, 7) is 3.91. The Kier molecular flexibility index (Phi) is 6.24. The minimum Gasteiger partial charge on any atom is -0.385 e. The molecule has 0 spiro atoms. The minimum atomic E-state index is -0.906. The zero-order chi connectivity index (χ0) is 16.0. The van der Waals surface area contributed by atoms with Crippen LogP contribution in [-0.4, -0.2) is 30.6 Å². The number of carbonyl (C=O) groups is 1. The number of benzene rings is 1. The fraction of sp³-hybridized carbons (Fsp3) is 0.588. The van der Waals surface area contributed by atoms with Gasteiger partial charge in [-0.1, -0.05) is 23.7 Å². The molecule has 1 unspecified atom stereocenters. The van der Waals surface area contributed by atoms with E-state index in [1.807, 2.05) is 24.3 Å². The lowest BCUT2D eigenvalue weighted by Gasteiger charge is -2.39. The van der Waals surface area contributed by atoms with Gasteiger partial charge in [0.2, 0.25) is 5.91 Å². The average molecular weight is 325 g/mol. The van der Waals surface area contributed by atoms with Crippen LogP contribution in [0.4, 0.5) is 0 Å². The van der Waals surface area contributed by atoms with Crippen molar-refractivity contribution in [1.82, 2.24) is 10.6 Å². The molecule has 1 saturated heterocycles. The zero-order valence-corrected chi connectivity index (χ0v) is 13.8. The van der Waals surface area contributed by atoms with Gasteiger partial charge in [-0.2, -0.15) is 0 Å². The van der Waals surface area contributed by atoms with Crippen molar-refractivity contribution in [3.63, 3.8) is 0 Å². The molecule has 0 radical (unpaired) electrons. The van der Waals surface area contributed by atoms with Crippen molar-refractivity contribution in [3.05, 3.63) is 34.9 Å². The fourth-order valence-corrected chi connectivity index (χ4v) is 3.41. The molecule has 0 bridgehead atoms. The van der Waals surface area contributed by atoms with Crippen LogP contribution in [0, 0.1) is 5.92 Å². The molecule has 5 heteroatoms. The van der Waals surface area contributed by atoms with Crippen molar-refractivity contribution in [3.8, 4) is 0 Å². The Hall–Kier alpha value is -1.10. The molecule has 1 aliphatic heterocycles. The summed E-state index contributed by atoms with van der Waals surface area (Å²) in [5.74, 6) is 0.127. The number of amides is 1. The summed E-state index contributed by atoms with van der Waals surface area (Å²) in [6.07, 6.45) is 3.41. The maximum absolute atomic E-state index is 11.4. The molecule has 0 aromatic heterocycles. The Balaban J connectivity index is 2.13. The predicted octanol–water partition coefficient (Wildman–Crippen LogP) is 2.44. The van der Waals surface area contributed by atoms with E-state index in [9.17, 15) is 9.90 Å². The van der Waals surface area contributed by atoms with E-state index < -0.39 is 5.60 Å². The molecule has 3 N–H and O–H groups in total. The van der Waals surface area contributed by atoms with E-state index in [4.69, 9.17) is 11.6 Å². The van der Waals surface area contributed by atoms with Gasteiger partial charge < -0.3 is 15.7 Å². The number of aliphatic hydroxyl groups is 1. The molecule has 0 aliphatic carbocycles. The van der Waals surface area contributed by atoms with Gasteiger partial charge in [-0.3, -0.25) is 4.79 Å². The van der Waals surface area contributed by atoms with Crippen molar-refractivity contribution < 1.29 is 9.90 Å². The largest absolute Gasteiger partial charge is 0.385 e. The van der Waals surface area contributed by atoms with Gasteiger partial charge in [0, 0.05) is 31.0 Å². The summed E-state index contributed by atoms with van der Waals surface area (Å²) >= 11 is 6.11. The van der Waals surface area contributed by atoms with Crippen molar-refractivity contribution in [2.45, 2.75) is 38.2 Å². The first-order chi connectivity index (χ1) is 10.5. The van der Waals surface area contributed by atoms with E-state index in [1.54, 1.807) is 0 Å². The van der Waals surface area contributed by atoms with Crippen molar-refractivity contribution in [1.29, 1.82) is 0 Å². The molecule has 122 valence electrons. The van der Waals surface area contributed by atoms with E-state index in [2.05, 4.69) is 10.6 Å². The molecule has 2 atom stereocenters. The molecule has 0 saturated carbocycles. The van der Waals surface area contributed by atoms with Gasteiger partial charge in [0.15, 0.2) is 0 Å². The van der Waals surface area contributed by atoms with Crippen LogP contribution in [0.15, 0.2) is 24.3 Å². The van der Waals surface area contributed by atoms with Crippen LogP contribution in [0.5, 0.6) is 0 Å². The molecule has 1 aromatic carbocycles. The molecule has 1 fully saturated rings. The number of piperidine rings is 1. The first-order valence-corrected chi connectivity index (χ1v) is 8.34. The third-order valence-corrected chi connectivity index (χ3v) is 4.64. The number of nitrogens with one attached hydrogen (secondary N) is 2. The molecule has 22 heavy (non-hydrogen) atoms. The summed E-state index contributed by atoms with van der Waals surface area (Å²) in [6, 6.07) is 7.50. The van der Waals surface area contributed by atoms with Crippen LogP contribution in [0.3, 0.4) is 0 Å². The van der Waals surface area contributed by atoms with Gasteiger partial charge in [-0.15, -0.1) is 0 Å². The fourth-order valence-electron chi connectivity index (χ4n) is 3.22. The Morgan fingerprint density at radius 2 is 2.36 bits per heavy atom. The summed E-state index contributed by atoms with van der Waals surface area (Å²) in [5.41, 5.74) is -0.0342. The van der Waals surface area contributed by atoms with Crippen LogP contribution in [0.25, 0.3) is 0 Å².